The van der Waals surface area contributed by atoms with Crippen LogP contribution in [-0.2, 0) is 4.79 Å². The van der Waals surface area contributed by atoms with Gasteiger partial charge in [0.2, 0.25) is 6.04 Å². The van der Waals surface area contributed by atoms with E-state index < -0.39 is 6.04 Å². The lowest BCUT2D eigenvalue weighted by atomic mass is 9.59. The zero-order chi connectivity index (χ0) is 13.6. The van der Waals surface area contributed by atoms with Crippen molar-refractivity contribution in [2.45, 2.75) is 31.2 Å². The van der Waals surface area contributed by atoms with Gasteiger partial charge in [-0.05, 0) is 30.5 Å². The number of carbonyl (C=O) groups is 1. The minimum atomic E-state index is -0.599. The van der Waals surface area contributed by atoms with Crippen molar-refractivity contribution in [1.29, 1.82) is 0 Å². The summed E-state index contributed by atoms with van der Waals surface area (Å²) in [6.45, 7) is 0. The second-order valence-electron chi connectivity index (χ2n) is 5.47. The number of ketones is 1. The minimum Gasteiger partial charge on any atom is -0.299 e. The van der Waals surface area contributed by atoms with Crippen LogP contribution in [-0.4, -0.2) is 16.7 Å². The molecule has 0 saturated heterocycles. The first kappa shape index (κ1) is 12.8. The molecule has 4 nitrogen and oxygen atoms in total. The molecule has 4 rings (SSSR count). The van der Waals surface area contributed by atoms with Crippen molar-refractivity contribution in [3.8, 4) is 0 Å². The van der Waals surface area contributed by atoms with E-state index in [2.05, 4.69) is 15.9 Å². The number of Topliss-reactive ketones (excluding diaryl/α,β-unsaturated/α-hetero) is 1. The van der Waals surface area contributed by atoms with Crippen LogP contribution in [0.3, 0.4) is 0 Å². The minimum absolute atomic E-state index is 0.0823. The average molecular weight is 324 g/mol. The monoisotopic (exact) mass is 323 g/mol. The van der Waals surface area contributed by atoms with E-state index in [0.29, 0.717) is 6.42 Å². The molecular formula is C14H14BrNO3. The molecule has 0 radical (unpaired) electrons. The van der Waals surface area contributed by atoms with Gasteiger partial charge in [0.15, 0.2) is 0 Å². The van der Waals surface area contributed by atoms with E-state index >= 15 is 0 Å². The van der Waals surface area contributed by atoms with E-state index in [1.165, 1.54) is 0 Å². The van der Waals surface area contributed by atoms with E-state index in [0.717, 1.165) is 22.9 Å². The van der Waals surface area contributed by atoms with Crippen molar-refractivity contribution in [1.82, 2.24) is 0 Å². The summed E-state index contributed by atoms with van der Waals surface area (Å²) < 4.78 is 0.946. The molecule has 1 aromatic carbocycles. The van der Waals surface area contributed by atoms with Crippen molar-refractivity contribution < 1.29 is 9.72 Å². The zero-order valence-corrected chi connectivity index (χ0v) is 11.9. The second kappa shape index (κ2) is 4.71. The molecule has 3 aliphatic carbocycles. The Morgan fingerprint density at radius 3 is 2.47 bits per heavy atom. The van der Waals surface area contributed by atoms with Crippen LogP contribution in [0.15, 0.2) is 28.7 Å². The van der Waals surface area contributed by atoms with Crippen molar-refractivity contribution in [2.24, 2.45) is 11.8 Å². The van der Waals surface area contributed by atoms with Gasteiger partial charge in [0, 0.05) is 27.7 Å². The molecule has 0 amide bonds. The number of hydrogen-bond acceptors (Lipinski definition) is 3. The zero-order valence-electron chi connectivity index (χ0n) is 10.3. The summed E-state index contributed by atoms with van der Waals surface area (Å²) in [6, 6.07) is 6.98. The van der Waals surface area contributed by atoms with Crippen molar-refractivity contribution in [3.05, 3.63) is 44.4 Å². The molecule has 19 heavy (non-hydrogen) atoms. The Hall–Kier alpha value is -1.23. The first-order valence-corrected chi connectivity index (χ1v) is 7.29. The molecule has 0 heterocycles. The maximum atomic E-state index is 12.0. The molecule has 4 unspecified atom stereocenters. The highest BCUT2D eigenvalue weighted by molar-refractivity contribution is 9.10. The fraction of sp³-hybridized carbons (Fsp3) is 0.500. The normalized spacial score (nSPS) is 33.4. The molecule has 2 bridgehead atoms. The SMILES string of the molecule is O=C1CC2CCC1C(c1ccc(Br)cc1)C2[N+](=O)[O-]. The Kier molecular flexibility index (Phi) is 3.17. The lowest BCUT2D eigenvalue weighted by Crippen LogP contribution is -2.50. The van der Waals surface area contributed by atoms with Crippen molar-refractivity contribution >= 4 is 21.7 Å². The number of fused-ring (bicyclic) bond motifs is 3. The maximum Gasteiger partial charge on any atom is 0.223 e. The van der Waals surface area contributed by atoms with Crippen LogP contribution in [0.5, 0.6) is 0 Å². The van der Waals surface area contributed by atoms with Gasteiger partial charge in [0.1, 0.15) is 5.78 Å². The number of nitro groups is 1. The van der Waals surface area contributed by atoms with Gasteiger partial charge in [-0.3, -0.25) is 14.9 Å². The van der Waals surface area contributed by atoms with Crippen LogP contribution >= 0.6 is 15.9 Å². The van der Waals surface area contributed by atoms with Crippen molar-refractivity contribution in [3.63, 3.8) is 0 Å². The van der Waals surface area contributed by atoms with Crippen LogP contribution in [0.1, 0.15) is 30.7 Å². The van der Waals surface area contributed by atoms with Gasteiger partial charge < -0.3 is 0 Å². The average Bonchev–Trinajstić information content (AvgIpc) is 2.39. The summed E-state index contributed by atoms with van der Waals surface area (Å²) in [4.78, 5) is 23.3. The number of benzene rings is 1. The highest BCUT2D eigenvalue weighted by atomic mass is 79.9. The Labute approximate surface area is 119 Å². The summed E-state index contributed by atoms with van der Waals surface area (Å²) in [5.41, 5.74) is 0.924. The number of nitrogens with zero attached hydrogens (tertiary/aromatic N) is 1. The van der Waals surface area contributed by atoms with Gasteiger partial charge in [-0.25, -0.2) is 0 Å². The molecule has 4 atom stereocenters. The molecule has 3 fully saturated rings. The van der Waals surface area contributed by atoms with E-state index in [1.807, 2.05) is 24.3 Å². The number of hydrogen-bond donors (Lipinski definition) is 0. The summed E-state index contributed by atoms with van der Waals surface area (Å²) >= 11 is 3.37. The summed E-state index contributed by atoms with van der Waals surface area (Å²) in [7, 11) is 0. The third-order valence-electron chi connectivity index (χ3n) is 4.51. The molecule has 1 aromatic rings. The number of carbonyl (C=O) groups excluding carboxylic acids is 1. The highest BCUT2D eigenvalue weighted by Gasteiger charge is 2.54. The number of halogens is 1. The molecule has 0 spiro atoms. The molecule has 0 N–H and O–H groups in total. The summed E-state index contributed by atoms with van der Waals surface area (Å²) in [5, 5.41) is 11.4. The number of rotatable bonds is 2. The Morgan fingerprint density at radius 1 is 1.21 bits per heavy atom. The molecule has 100 valence electrons. The maximum absolute atomic E-state index is 12.0. The molecular weight excluding hydrogens is 310 g/mol. The van der Waals surface area contributed by atoms with E-state index in [1.54, 1.807) is 0 Å². The predicted molar refractivity (Wildman–Crippen MR) is 73.5 cm³/mol. The van der Waals surface area contributed by atoms with Crippen LogP contribution in [0.2, 0.25) is 0 Å². The largest absolute Gasteiger partial charge is 0.299 e. The molecule has 0 aromatic heterocycles. The fourth-order valence-electron chi connectivity index (χ4n) is 3.69. The molecule has 5 heteroatoms. The standard InChI is InChI=1S/C14H14BrNO3/c15-10-4-1-8(2-5-10)13-11-6-3-9(7-12(11)17)14(13)16(18)19/h1-2,4-5,9,11,13-14H,3,6-7H2. The van der Waals surface area contributed by atoms with Crippen LogP contribution in [0, 0.1) is 22.0 Å². The Balaban J connectivity index is 2.02. The van der Waals surface area contributed by atoms with Crippen LogP contribution in [0.25, 0.3) is 0 Å². The smallest absolute Gasteiger partial charge is 0.223 e. The van der Waals surface area contributed by atoms with Crippen molar-refractivity contribution in [2.75, 3.05) is 0 Å². The third-order valence-corrected chi connectivity index (χ3v) is 5.04. The quantitative estimate of drug-likeness (QED) is 0.620. The van der Waals surface area contributed by atoms with Gasteiger partial charge in [-0.2, -0.15) is 0 Å². The summed E-state index contributed by atoms with van der Waals surface area (Å²) in [6.07, 6.45) is 2.01. The molecule has 3 aliphatic rings. The Bertz CT molecular complexity index is 528. The van der Waals surface area contributed by atoms with E-state index in [-0.39, 0.29) is 28.5 Å². The Morgan fingerprint density at radius 2 is 1.89 bits per heavy atom. The topological polar surface area (TPSA) is 60.2 Å². The van der Waals surface area contributed by atoms with E-state index in [9.17, 15) is 14.9 Å². The van der Waals surface area contributed by atoms with E-state index in [4.69, 9.17) is 0 Å². The van der Waals surface area contributed by atoms with Crippen LogP contribution < -0.4 is 0 Å². The van der Waals surface area contributed by atoms with Crippen LogP contribution in [0.4, 0.5) is 0 Å². The third kappa shape index (κ3) is 2.10. The predicted octanol–water partition coefficient (Wildman–Crippen LogP) is 3.18. The van der Waals surface area contributed by atoms with Gasteiger partial charge in [-0.1, -0.05) is 28.1 Å². The lowest BCUT2D eigenvalue weighted by molar-refractivity contribution is -0.542. The molecule has 3 saturated carbocycles. The first-order valence-electron chi connectivity index (χ1n) is 6.49. The second-order valence-corrected chi connectivity index (χ2v) is 6.38. The summed E-state index contributed by atoms with van der Waals surface area (Å²) in [5.74, 6) is -0.284. The molecule has 0 aliphatic heterocycles. The van der Waals surface area contributed by atoms with Gasteiger partial charge in [0.25, 0.3) is 0 Å². The van der Waals surface area contributed by atoms with Gasteiger partial charge in [0.05, 0.1) is 5.92 Å². The fourth-order valence-corrected chi connectivity index (χ4v) is 3.95. The lowest BCUT2D eigenvalue weighted by Gasteiger charge is -2.42. The highest BCUT2D eigenvalue weighted by Crippen LogP contribution is 2.49. The first-order chi connectivity index (χ1) is 9.08. The van der Waals surface area contributed by atoms with Gasteiger partial charge in [-0.15, -0.1) is 0 Å². The van der Waals surface area contributed by atoms with Gasteiger partial charge >= 0.3 is 0 Å².